The first kappa shape index (κ1) is 12.8. The first-order valence-electron chi connectivity index (χ1n) is 6.79. The van der Waals surface area contributed by atoms with Crippen molar-refractivity contribution in [3.05, 3.63) is 11.4 Å². The monoisotopic (exact) mass is 238 g/mol. The second-order valence-corrected chi connectivity index (χ2v) is 6.12. The van der Waals surface area contributed by atoms with E-state index >= 15 is 0 Å². The molecule has 3 heteroatoms. The molecule has 0 aromatic rings. The Kier molecular flexibility index (Phi) is 3.73. The van der Waals surface area contributed by atoms with E-state index in [2.05, 4.69) is 23.6 Å². The fourth-order valence-electron chi connectivity index (χ4n) is 3.37. The predicted octanol–water partition coefficient (Wildman–Crippen LogP) is 3.14. The van der Waals surface area contributed by atoms with Crippen molar-refractivity contribution in [3.63, 3.8) is 0 Å². The number of rotatable bonds is 3. The Morgan fingerprint density at radius 2 is 1.94 bits per heavy atom. The van der Waals surface area contributed by atoms with Gasteiger partial charge in [-0.3, -0.25) is 4.90 Å². The average molecular weight is 238 g/mol. The number of hydrogen-bond donors (Lipinski definition) is 0. The Bertz CT molecular complexity index is 294. The number of halogens is 1. The van der Waals surface area contributed by atoms with Gasteiger partial charge in [-0.15, -0.1) is 0 Å². The minimum Gasteiger partial charge on any atom is -0.316 e. The van der Waals surface area contributed by atoms with Gasteiger partial charge in [-0.25, -0.2) is 11.0 Å². The molecule has 2 rings (SSSR count). The van der Waals surface area contributed by atoms with Crippen molar-refractivity contribution >= 4 is 0 Å². The number of likely N-dealkylation sites (tertiary alicyclic amines) is 1. The highest BCUT2D eigenvalue weighted by Gasteiger charge is 2.43. The Balaban J connectivity index is 1.89. The predicted molar refractivity (Wildman–Crippen MR) is 67.5 cm³/mol. The zero-order chi connectivity index (χ0) is 12.5. The van der Waals surface area contributed by atoms with E-state index in [0.29, 0.717) is 31.6 Å². The van der Waals surface area contributed by atoms with Crippen LogP contribution in [0.4, 0.5) is 4.39 Å². The Hall–Kier alpha value is -0.620. The summed E-state index contributed by atoms with van der Waals surface area (Å²) in [5, 5.41) is 0. The molecule has 2 fully saturated rings. The highest BCUT2D eigenvalue weighted by atomic mass is 19.1. The third-order valence-electron chi connectivity index (χ3n) is 4.95. The third kappa shape index (κ3) is 2.47. The minimum atomic E-state index is -0.588. The van der Waals surface area contributed by atoms with Gasteiger partial charge >= 0.3 is 0 Å². The highest BCUT2D eigenvalue weighted by Crippen LogP contribution is 2.44. The lowest BCUT2D eigenvalue weighted by Crippen LogP contribution is -2.55. The van der Waals surface area contributed by atoms with Crippen molar-refractivity contribution < 1.29 is 4.39 Å². The quantitative estimate of drug-likeness (QED) is 0.685. The van der Waals surface area contributed by atoms with Gasteiger partial charge in [0.05, 0.1) is 0 Å². The molecule has 2 aliphatic rings. The molecule has 0 radical (unpaired) electrons. The number of alkyl halides is 1. The summed E-state index contributed by atoms with van der Waals surface area (Å²) < 4.78 is 12.8. The lowest BCUT2D eigenvalue weighted by atomic mass is 9.65. The van der Waals surface area contributed by atoms with Crippen LogP contribution in [-0.4, -0.2) is 36.7 Å². The van der Waals surface area contributed by atoms with Crippen LogP contribution in [0.15, 0.2) is 0 Å². The zero-order valence-electron chi connectivity index (χ0n) is 11.0. The molecule has 0 amide bonds. The second-order valence-electron chi connectivity index (χ2n) is 6.12. The van der Waals surface area contributed by atoms with Gasteiger partial charge < -0.3 is 4.85 Å². The smallest absolute Gasteiger partial charge is 0.220 e. The van der Waals surface area contributed by atoms with Crippen LogP contribution in [0.25, 0.3) is 4.85 Å². The summed E-state index contributed by atoms with van der Waals surface area (Å²) in [6.07, 6.45) is 4.01. The molecule has 17 heavy (non-hydrogen) atoms. The van der Waals surface area contributed by atoms with Crippen LogP contribution in [0.5, 0.6) is 0 Å². The van der Waals surface area contributed by atoms with Gasteiger partial charge in [-0.1, -0.05) is 13.8 Å². The van der Waals surface area contributed by atoms with Gasteiger partial charge in [0, 0.05) is 24.5 Å². The molecular weight excluding hydrogens is 215 g/mol. The van der Waals surface area contributed by atoms with E-state index in [1.165, 1.54) is 0 Å². The minimum absolute atomic E-state index is 0.234. The van der Waals surface area contributed by atoms with Gasteiger partial charge in [0.2, 0.25) is 6.54 Å². The van der Waals surface area contributed by atoms with Gasteiger partial charge in [0.1, 0.15) is 6.17 Å². The summed E-state index contributed by atoms with van der Waals surface area (Å²) in [5.41, 5.74) is 0.234. The maximum atomic E-state index is 12.8. The molecule has 1 saturated carbocycles. The van der Waals surface area contributed by atoms with Crippen molar-refractivity contribution in [2.24, 2.45) is 11.3 Å². The van der Waals surface area contributed by atoms with E-state index < -0.39 is 6.17 Å². The molecule has 0 aromatic carbocycles. The van der Waals surface area contributed by atoms with Crippen molar-refractivity contribution in [1.29, 1.82) is 0 Å². The topological polar surface area (TPSA) is 7.60 Å². The summed E-state index contributed by atoms with van der Waals surface area (Å²) in [6.45, 7) is 13.6. The molecule has 0 spiro atoms. The number of hydrogen-bond acceptors (Lipinski definition) is 1. The van der Waals surface area contributed by atoms with Gasteiger partial charge in [-0.05, 0) is 31.6 Å². The van der Waals surface area contributed by atoms with Crippen LogP contribution in [0.1, 0.15) is 39.5 Å². The Morgan fingerprint density at radius 1 is 1.35 bits per heavy atom. The van der Waals surface area contributed by atoms with Crippen LogP contribution < -0.4 is 0 Å². The van der Waals surface area contributed by atoms with E-state index in [9.17, 15) is 4.39 Å². The first-order valence-corrected chi connectivity index (χ1v) is 6.79. The average Bonchev–Trinajstić information content (AvgIpc) is 2.26. The van der Waals surface area contributed by atoms with E-state index in [1.54, 1.807) is 0 Å². The zero-order valence-corrected chi connectivity index (χ0v) is 11.0. The van der Waals surface area contributed by atoms with Crippen molar-refractivity contribution in [3.8, 4) is 0 Å². The van der Waals surface area contributed by atoms with Crippen molar-refractivity contribution in [2.75, 3.05) is 19.6 Å². The van der Waals surface area contributed by atoms with Crippen LogP contribution in [0.3, 0.4) is 0 Å². The van der Waals surface area contributed by atoms with Crippen molar-refractivity contribution in [2.45, 2.75) is 51.7 Å². The normalized spacial score (nSPS) is 35.6. The lowest BCUT2D eigenvalue weighted by molar-refractivity contribution is -0.0104. The molecule has 1 aliphatic heterocycles. The second kappa shape index (κ2) is 4.94. The summed E-state index contributed by atoms with van der Waals surface area (Å²) in [4.78, 5) is 5.93. The summed E-state index contributed by atoms with van der Waals surface area (Å²) in [7, 11) is 0. The summed E-state index contributed by atoms with van der Waals surface area (Å²) in [6, 6.07) is 0.583. The molecular formula is C14H23FN2. The molecule has 2 nitrogen and oxygen atoms in total. The van der Waals surface area contributed by atoms with Crippen LogP contribution in [-0.2, 0) is 0 Å². The van der Waals surface area contributed by atoms with E-state index in [4.69, 9.17) is 6.57 Å². The Labute approximate surface area is 104 Å². The molecule has 1 aliphatic carbocycles. The maximum Gasteiger partial charge on any atom is 0.220 e. The standard InChI is InChI=1S/C14H23FN2/c1-11(2)14(10-16-3)6-4-13(5-7-14)17-8-12(15)9-17/h11-13H,4-10H2,1-2H3. The van der Waals surface area contributed by atoms with Gasteiger partial charge in [0.15, 0.2) is 0 Å². The Morgan fingerprint density at radius 3 is 2.35 bits per heavy atom. The van der Waals surface area contributed by atoms with E-state index in [-0.39, 0.29) is 5.41 Å². The molecule has 0 unspecified atom stereocenters. The third-order valence-corrected chi connectivity index (χ3v) is 4.95. The SMILES string of the molecule is [C-]#[N+]CC1(C(C)C)CCC(N2CC(F)C2)CC1. The maximum absolute atomic E-state index is 12.8. The fourth-order valence-corrected chi connectivity index (χ4v) is 3.37. The molecule has 96 valence electrons. The first-order chi connectivity index (χ1) is 8.07. The molecule has 1 saturated heterocycles. The van der Waals surface area contributed by atoms with Crippen LogP contribution >= 0.6 is 0 Å². The van der Waals surface area contributed by atoms with Crippen LogP contribution in [0, 0.1) is 17.9 Å². The molecule has 1 heterocycles. The summed E-state index contributed by atoms with van der Waals surface area (Å²) in [5.74, 6) is 0.586. The molecule has 0 N–H and O–H groups in total. The van der Waals surface area contributed by atoms with Crippen molar-refractivity contribution in [1.82, 2.24) is 4.90 Å². The van der Waals surface area contributed by atoms with Gasteiger partial charge in [-0.2, -0.15) is 0 Å². The lowest BCUT2D eigenvalue weighted by Gasteiger charge is -2.47. The molecule has 0 bridgehead atoms. The number of nitrogens with zero attached hydrogens (tertiary/aromatic N) is 2. The highest BCUT2D eigenvalue weighted by molar-refractivity contribution is 4.97. The summed E-state index contributed by atoms with van der Waals surface area (Å²) >= 11 is 0. The molecule has 0 aromatic heterocycles. The fraction of sp³-hybridized carbons (Fsp3) is 0.929. The largest absolute Gasteiger partial charge is 0.316 e. The van der Waals surface area contributed by atoms with E-state index in [0.717, 1.165) is 25.7 Å². The van der Waals surface area contributed by atoms with Gasteiger partial charge in [0.25, 0.3) is 0 Å². The van der Waals surface area contributed by atoms with Crippen LogP contribution in [0.2, 0.25) is 0 Å². The molecule has 0 atom stereocenters. The van der Waals surface area contributed by atoms with E-state index in [1.807, 2.05) is 0 Å².